The van der Waals surface area contributed by atoms with Crippen LogP contribution in [0.1, 0.15) is 24.4 Å². The Kier molecular flexibility index (Phi) is 4.76. The van der Waals surface area contributed by atoms with Crippen molar-refractivity contribution in [3.8, 4) is 0 Å². The van der Waals surface area contributed by atoms with E-state index in [0.717, 1.165) is 24.7 Å². The summed E-state index contributed by atoms with van der Waals surface area (Å²) in [5, 5.41) is 4.13. The second-order valence-corrected chi connectivity index (χ2v) is 6.19. The summed E-state index contributed by atoms with van der Waals surface area (Å²) in [6.45, 7) is 3.85. The van der Waals surface area contributed by atoms with Crippen LogP contribution in [-0.4, -0.2) is 54.3 Å². The second kappa shape index (κ2) is 6.77. The lowest BCUT2D eigenvalue weighted by Gasteiger charge is -2.37. The van der Waals surface area contributed by atoms with E-state index in [1.54, 1.807) is 0 Å². The van der Waals surface area contributed by atoms with Gasteiger partial charge in [0.05, 0.1) is 0 Å². The molecule has 2 amide bonds. The van der Waals surface area contributed by atoms with Gasteiger partial charge in [-0.15, -0.1) is 0 Å². The summed E-state index contributed by atoms with van der Waals surface area (Å²) < 4.78 is 0. The van der Waals surface area contributed by atoms with Crippen LogP contribution in [0.3, 0.4) is 0 Å². The number of hydrogen-bond acceptors (Lipinski definition) is 4. The highest BCUT2D eigenvalue weighted by atomic mass is 35.5. The van der Waals surface area contributed by atoms with E-state index < -0.39 is 0 Å². The van der Waals surface area contributed by atoms with E-state index in [9.17, 15) is 9.59 Å². The van der Waals surface area contributed by atoms with Crippen LogP contribution in [0.5, 0.6) is 0 Å². The highest BCUT2D eigenvalue weighted by Crippen LogP contribution is 2.24. The maximum atomic E-state index is 11.7. The van der Waals surface area contributed by atoms with Crippen molar-refractivity contribution in [3.05, 3.63) is 34.9 Å². The largest absolute Gasteiger partial charge is 0.314 e. The number of carbonyl (C=O) groups is 2. The van der Waals surface area contributed by atoms with Gasteiger partial charge in [0, 0.05) is 56.6 Å². The van der Waals surface area contributed by atoms with Gasteiger partial charge >= 0.3 is 0 Å². The monoisotopic (exact) mass is 321 g/mol. The van der Waals surface area contributed by atoms with Crippen molar-refractivity contribution in [2.75, 3.05) is 32.7 Å². The van der Waals surface area contributed by atoms with Crippen molar-refractivity contribution < 1.29 is 9.59 Å². The lowest BCUT2D eigenvalue weighted by atomic mass is 10.0. The first-order valence-corrected chi connectivity index (χ1v) is 8.06. The summed E-state index contributed by atoms with van der Waals surface area (Å²) in [7, 11) is 0. The minimum absolute atomic E-state index is 0.0422. The molecule has 0 bridgehead atoms. The molecule has 5 nitrogen and oxygen atoms in total. The molecule has 22 heavy (non-hydrogen) atoms. The topological polar surface area (TPSA) is 52.7 Å². The number of benzene rings is 1. The van der Waals surface area contributed by atoms with Gasteiger partial charge < -0.3 is 5.32 Å². The minimum Gasteiger partial charge on any atom is -0.314 e. The van der Waals surface area contributed by atoms with Crippen molar-refractivity contribution in [3.63, 3.8) is 0 Å². The molecule has 1 aromatic rings. The molecule has 2 saturated heterocycles. The summed E-state index contributed by atoms with van der Waals surface area (Å²) in [5.74, 6) is -0.0844. The van der Waals surface area contributed by atoms with Gasteiger partial charge in [-0.2, -0.15) is 0 Å². The zero-order chi connectivity index (χ0) is 15.5. The number of amides is 2. The smallest absolute Gasteiger partial charge is 0.229 e. The Hall–Kier alpha value is -1.43. The van der Waals surface area contributed by atoms with Gasteiger partial charge in [0.2, 0.25) is 11.8 Å². The van der Waals surface area contributed by atoms with E-state index >= 15 is 0 Å². The average Bonchev–Trinajstić information content (AvgIpc) is 2.84. The molecule has 0 aromatic heterocycles. The Labute approximate surface area is 135 Å². The van der Waals surface area contributed by atoms with E-state index in [4.69, 9.17) is 11.6 Å². The zero-order valence-corrected chi connectivity index (χ0v) is 13.2. The molecule has 2 heterocycles. The first kappa shape index (κ1) is 15.5. The van der Waals surface area contributed by atoms with Crippen molar-refractivity contribution in [2.24, 2.45) is 0 Å². The van der Waals surface area contributed by atoms with Crippen LogP contribution in [0.4, 0.5) is 0 Å². The fourth-order valence-corrected chi connectivity index (χ4v) is 3.36. The fourth-order valence-electron chi connectivity index (χ4n) is 3.16. The van der Waals surface area contributed by atoms with Gasteiger partial charge in [0.1, 0.15) is 0 Å². The van der Waals surface area contributed by atoms with Crippen LogP contribution in [0.2, 0.25) is 5.02 Å². The van der Waals surface area contributed by atoms with Gasteiger partial charge in [-0.3, -0.25) is 19.4 Å². The highest BCUT2D eigenvalue weighted by Gasteiger charge is 2.30. The Balaban J connectivity index is 1.68. The summed E-state index contributed by atoms with van der Waals surface area (Å²) in [6.07, 6.45) is 0.718. The highest BCUT2D eigenvalue weighted by molar-refractivity contribution is 6.30. The van der Waals surface area contributed by atoms with Gasteiger partial charge in [-0.25, -0.2) is 0 Å². The van der Waals surface area contributed by atoms with Crippen LogP contribution in [-0.2, 0) is 9.59 Å². The average molecular weight is 322 g/mol. The van der Waals surface area contributed by atoms with E-state index in [1.165, 1.54) is 10.5 Å². The van der Waals surface area contributed by atoms with Gasteiger partial charge in [-0.1, -0.05) is 23.7 Å². The molecule has 1 aromatic carbocycles. The quantitative estimate of drug-likeness (QED) is 0.853. The van der Waals surface area contributed by atoms with Crippen LogP contribution < -0.4 is 5.32 Å². The third-order valence-corrected chi connectivity index (χ3v) is 4.59. The van der Waals surface area contributed by atoms with Crippen LogP contribution in [0.15, 0.2) is 24.3 Å². The Morgan fingerprint density at radius 1 is 1.18 bits per heavy atom. The Bertz CT molecular complexity index is 562. The number of piperazine rings is 1. The van der Waals surface area contributed by atoms with Gasteiger partial charge in [0.25, 0.3) is 0 Å². The van der Waals surface area contributed by atoms with E-state index in [-0.39, 0.29) is 17.9 Å². The van der Waals surface area contributed by atoms with E-state index in [2.05, 4.69) is 16.3 Å². The van der Waals surface area contributed by atoms with Crippen LogP contribution in [0, 0.1) is 0 Å². The molecule has 1 unspecified atom stereocenters. The molecule has 2 aliphatic heterocycles. The molecular weight excluding hydrogens is 302 g/mol. The Morgan fingerprint density at radius 3 is 2.68 bits per heavy atom. The predicted molar refractivity (Wildman–Crippen MR) is 84.6 cm³/mol. The molecule has 3 rings (SSSR count). The number of rotatable bonds is 4. The number of nitrogens with one attached hydrogen (secondary N) is 1. The number of hydrogen-bond donors (Lipinski definition) is 1. The maximum absolute atomic E-state index is 11.7. The second-order valence-electron chi connectivity index (χ2n) is 5.75. The molecule has 0 radical (unpaired) electrons. The molecule has 0 saturated carbocycles. The fraction of sp³-hybridized carbons (Fsp3) is 0.500. The lowest BCUT2D eigenvalue weighted by Crippen LogP contribution is -2.48. The predicted octanol–water partition coefficient (Wildman–Crippen LogP) is 1.44. The molecule has 1 N–H and O–H groups in total. The molecule has 2 fully saturated rings. The van der Waals surface area contributed by atoms with E-state index in [1.807, 2.05) is 18.2 Å². The van der Waals surface area contributed by atoms with Crippen molar-refractivity contribution in [2.45, 2.75) is 18.9 Å². The molecule has 0 aliphatic carbocycles. The summed E-state index contributed by atoms with van der Waals surface area (Å²) in [6, 6.07) is 8.10. The summed E-state index contributed by atoms with van der Waals surface area (Å²) in [5.41, 5.74) is 1.17. The normalized spacial score (nSPS) is 23.3. The minimum atomic E-state index is -0.0422. The molecule has 0 spiro atoms. The number of nitrogens with zero attached hydrogens (tertiary/aromatic N) is 2. The van der Waals surface area contributed by atoms with Crippen LogP contribution in [0.25, 0.3) is 0 Å². The number of imide groups is 1. The standard InChI is InChI=1S/C16H20ClN3O2/c17-13-3-1-2-12(10-13)14-11-18-6-7-19(14)8-9-20-15(21)4-5-16(20)22/h1-3,10,14,18H,4-9,11H2. The van der Waals surface area contributed by atoms with Gasteiger partial charge in [0.15, 0.2) is 0 Å². The lowest BCUT2D eigenvalue weighted by molar-refractivity contribution is -0.138. The summed E-state index contributed by atoms with van der Waals surface area (Å²) in [4.78, 5) is 27.1. The third-order valence-electron chi connectivity index (χ3n) is 4.35. The molecule has 2 aliphatic rings. The zero-order valence-electron chi connectivity index (χ0n) is 12.4. The molecule has 6 heteroatoms. The van der Waals surface area contributed by atoms with Crippen molar-refractivity contribution in [1.29, 1.82) is 0 Å². The number of halogens is 1. The Morgan fingerprint density at radius 2 is 1.95 bits per heavy atom. The molecule has 118 valence electrons. The SMILES string of the molecule is O=C1CCC(=O)N1CCN1CCNCC1c1cccc(Cl)c1. The first-order chi connectivity index (χ1) is 10.6. The van der Waals surface area contributed by atoms with Gasteiger partial charge in [-0.05, 0) is 17.7 Å². The maximum Gasteiger partial charge on any atom is 0.229 e. The number of carbonyl (C=O) groups excluding carboxylic acids is 2. The van der Waals surface area contributed by atoms with E-state index in [0.29, 0.717) is 25.9 Å². The van der Waals surface area contributed by atoms with Crippen LogP contribution >= 0.6 is 11.6 Å². The third kappa shape index (κ3) is 3.32. The number of likely N-dealkylation sites (tertiary alicyclic amines) is 1. The molecular formula is C16H20ClN3O2. The first-order valence-electron chi connectivity index (χ1n) is 7.68. The molecule has 1 atom stereocenters. The van der Waals surface area contributed by atoms with Crippen molar-refractivity contribution >= 4 is 23.4 Å². The summed E-state index contributed by atoms with van der Waals surface area (Å²) >= 11 is 6.09. The van der Waals surface area contributed by atoms with Crippen molar-refractivity contribution in [1.82, 2.24) is 15.1 Å².